The quantitative estimate of drug-likeness (QED) is 0.719. The predicted molar refractivity (Wildman–Crippen MR) is 76.1 cm³/mol. The molecule has 0 aliphatic rings. The van der Waals surface area contributed by atoms with Gasteiger partial charge in [-0.3, -0.25) is 9.58 Å². The predicted octanol–water partition coefficient (Wildman–Crippen LogP) is 1.40. The first-order valence-corrected chi connectivity index (χ1v) is 6.58. The van der Waals surface area contributed by atoms with E-state index in [1.54, 1.807) is 10.7 Å². The molecule has 0 amide bonds. The van der Waals surface area contributed by atoms with E-state index in [1.807, 2.05) is 36.4 Å². The average Bonchev–Trinajstić information content (AvgIpc) is 2.98. The fourth-order valence-electron chi connectivity index (χ4n) is 2.32. The van der Waals surface area contributed by atoms with Gasteiger partial charge in [-0.05, 0) is 20.0 Å². The first-order chi connectivity index (χ1) is 9.65. The molecule has 3 heterocycles. The number of aromatic nitrogens is 5. The summed E-state index contributed by atoms with van der Waals surface area (Å²) in [6, 6.07) is 1.88. The maximum Gasteiger partial charge on any atom is 0.159 e. The Morgan fingerprint density at radius 1 is 1.15 bits per heavy atom. The molecule has 3 rings (SSSR count). The molecular weight excluding hydrogens is 252 g/mol. The summed E-state index contributed by atoms with van der Waals surface area (Å²) < 4.78 is 3.71. The summed E-state index contributed by atoms with van der Waals surface area (Å²) in [6.45, 7) is 3.77. The van der Waals surface area contributed by atoms with Crippen molar-refractivity contribution in [2.75, 3.05) is 7.05 Å². The highest BCUT2D eigenvalue weighted by Crippen LogP contribution is 2.13. The molecule has 3 aromatic rings. The van der Waals surface area contributed by atoms with Crippen LogP contribution in [0.2, 0.25) is 0 Å². The van der Waals surface area contributed by atoms with Crippen molar-refractivity contribution in [3.05, 3.63) is 47.7 Å². The molecule has 0 atom stereocenters. The number of nitrogens with zero attached hydrogens (tertiary/aromatic N) is 6. The monoisotopic (exact) mass is 270 g/mol. The van der Waals surface area contributed by atoms with Crippen LogP contribution in [0.4, 0.5) is 0 Å². The normalized spacial score (nSPS) is 11.6. The second-order valence-corrected chi connectivity index (χ2v) is 5.11. The third kappa shape index (κ3) is 2.30. The maximum atomic E-state index is 4.38. The second kappa shape index (κ2) is 5.05. The second-order valence-electron chi connectivity index (χ2n) is 5.11. The van der Waals surface area contributed by atoms with Crippen LogP contribution >= 0.6 is 0 Å². The highest BCUT2D eigenvalue weighted by molar-refractivity contribution is 5.45. The molecule has 0 aliphatic heterocycles. The van der Waals surface area contributed by atoms with Gasteiger partial charge in [-0.15, -0.1) is 0 Å². The molecule has 0 aromatic carbocycles. The van der Waals surface area contributed by atoms with Gasteiger partial charge < -0.3 is 0 Å². The van der Waals surface area contributed by atoms with Gasteiger partial charge in [0.25, 0.3) is 0 Å². The molecule has 20 heavy (non-hydrogen) atoms. The third-order valence-corrected chi connectivity index (χ3v) is 3.57. The van der Waals surface area contributed by atoms with Crippen LogP contribution in [0.1, 0.15) is 16.8 Å². The summed E-state index contributed by atoms with van der Waals surface area (Å²) in [7, 11) is 4.06. The Balaban J connectivity index is 1.76. The first kappa shape index (κ1) is 12.8. The van der Waals surface area contributed by atoms with Crippen LogP contribution in [0.15, 0.2) is 30.9 Å². The molecule has 0 spiro atoms. The minimum Gasteiger partial charge on any atom is -0.298 e. The molecule has 104 valence electrons. The lowest BCUT2D eigenvalue weighted by atomic mass is 10.2. The summed E-state index contributed by atoms with van der Waals surface area (Å²) >= 11 is 0. The SMILES string of the molecule is Cc1c(CN(C)Cc2cnn3cccnc23)cnn1C. The van der Waals surface area contributed by atoms with Crippen LogP contribution in [-0.4, -0.2) is 36.3 Å². The molecule has 0 unspecified atom stereocenters. The summed E-state index contributed by atoms with van der Waals surface area (Å²) in [4.78, 5) is 6.63. The van der Waals surface area contributed by atoms with Gasteiger partial charge in [-0.25, -0.2) is 9.50 Å². The molecule has 0 radical (unpaired) electrons. The van der Waals surface area contributed by atoms with Crippen LogP contribution in [-0.2, 0) is 20.1 Å². The standard InChI is InChI=1S/C14H18N6/c1-11-12(7-16-19(11)3)9-18(2)10-13-8-17-20-6-4-5-15-14(13)20/h4-8H,9-10H2,1-3H3. The van der Waals surface area contributed by atoms with E-state index in [0.717, 1.165) is 24.3 Å². The van der Waals surface area contributed by atoms with Gasteiger partial charge in [0.15, 0.2) is 5.65 Å². The van der Waals surface area contributed by atoms with Crippen molar-refractivity contribution < 1.29 is 0 Å². The Morgan fingerprint density at radius 3 is 2.65 bits per heavy atom. The van der Waals surface area contributed by atoms with E-state index in [1.165, 1.54) is 11.3 Å². The van der Waals surface area contributed by atoms with Crippen LogP contribution in [0.3, 0.4) is 0 Å². The summed E-state index contributed by atoms with van der Waals surface area (Å²) in [5, 5.41) is 8.59. The van der Waals surface area contributed by atoms with Crippen LogP contribution in [0, 0.1) is 6.92 Å². The van der Waals surface area contributed by atoms with Gasteiger partial charge in [0, 0.05) is 49.4 Å². The van der Waals surface area contributed by atoms with E-state index >= 15 is 0 Å². The van der Waals surface area contributed by atoms with Gasteiger partial charge in [-0.2, -0.15) is 10.2 Å². The molecule has 3 aromatic heterocycles. The summed E-state index contributed by atoms with van der Waals surface area (Å²) in [6.07, 6.45) is 7.53. The van der Waals surface area contributed by atoms with Gasteiger partial charge in [-0.1, -0.05) is 0 Å². The molecule has 0 saturated heterocycles. The molecular formula is C14H18N6. The highest BCUT2D eigenvalue weighted by Gasteiger charge is 2.10. The fraction of sp³-hybridized carbons (Fsp3) is 0.357. The summed E-state index contributed by atoms with van der Waals surface area (Å²) in [5.74, 6) is 0. The fourth-order valence-corrected chi connectivity index (χ4v) is 2.32. The zero-order valence-corrected chi connectivity index (χ0v) is 12.0. The summed E-state index contributed by atoms with van der Waals surface area (Å²) in [5.41, 5.74) is 4.51. The zero-order chi connectivity index (χ0) is 14.1. The van der Waals surface area contributed by atoms with E-state index in [0.29, 0.717) is 0 Å². The molecule has 6 heteroatoms. The minimum absolute atomic E-state index is 0.814. The molecule has 6 nitrogen and oxygen atoms in total. The van der Waals surface area contributed by atoms with Crippen molar-refractivity contribution in [2.24, 2.45) is 7.05 Å². The number of hydrogen-bond acceptors (Lipinski definition) is 4. The van der Waals surface area contributed by atoms with Crippen molar-refractivity contribution in [3.63, 3.8) is 0 Å². The van der Waals surface area contributed by atoms with Crippen molar-refractivity contribution >= 4 is 5.65 Å². The number of aryl methyl sites for hydroxylation is 1. The third-order valence-electron chi connectivity index (χ3n) is 3.57. The zero-order valence-electron chi connectivity index (χ0n) is 12.0. The molecule has 0 bridgehead atoms. The smallest absolute Gasteiger partial charge is 0.159 e. The Bertz CT molecular complexity index is 726. The van der Waals surface area contributed by atoms with Crippen molar-refractivity contribution in [1.29, 1.82) is 0 Å². The van der Waals surface area contributed by atoms with E-state index in [2.05, 4.69) is 34.1 Å². The van der Waals surface area contributed by atoms with E-state index in [9.17, 15) is 0 Å². The molecule has 0 fully saturated rings. The van der Waals surface area contributed by atoms with Crippen LogP contribution in [0.25, 0.3) is 5.65 Å². The van der Waals surface area contributed by atoms with Crippen molar-refractivity contribution in [2.45, 2.75) is 20.0 Å². The minimum atomic E-state index is 0.814. The van der Waals surface area contributed by atoms with Crippen molar-refractivity contribution in [3.8, 4) is 0 Å². The van der Waals surface area contributed by atoms with Gasteiger partial charge in [0.1, 0.15) is 0 Å². The van der Waals surface area contributed by atoms with E-state index < -0.39 is 0 Å². The number of rotatable bonds is 4. The topological polar surface area (TPSA) is 51.3 Å². The Morgan fingerprint density at radius 2 is 1.90 bits per heavy atom. The first-order valence-electron chi connectivity index (χ1n) is 6.58. The van der Waals surface area contributed by atoms with E-state index in [-0.39, 0.29) is 0 Å². The molecule has 0 aliphatic carbocycles. The Hall–Kier alpha value is -2.21. The largest absolute Gasteiger partial charge is 0.298 e. The maximum absolute atomic E-state index is 4.38. The lowest BCUT2D eigenvalue weighted by molar-refractivity contribution is 0.319. The Labute approximate surface area is 117 Å². The molecule has 0 N–H and O–H groups in total. The lowest BCUT2D eigenvalue weighted by Gasteiger charge is -2.15. The lowest BCUT2D eigenvalue weighted by Crippen LogP contribution is -2.17. The Kier molecular flexibility index (Phi) is 3.23. The van der Waals surface area contributed by atoms with Crippen LogP contribution in [0.5, 0.6) is 0 Å². The van der Waals surface area contributed by atoms with Crippen molar-refractivity contribution in [1.82, 2.24) is 29.3 Å². The number of hydrogen-bond donors (Lipinski definition) is 0. The van der Waals surface area contributed by atoms with Gasteiger partial charge in [0.05, 0.1) is 12.4 Å². The van der Waals surface area contributed by atoms with Gasteiger partial charge in [0.2, 0.25) is 0 Å². The van der Waals surface area contributed by atoms with E-state index in [4.69, 9.17) is 0 Å². The average molecular weight is 270 g/mol. The molecule has 0 saturated carbocycles. The van der Waals surface area contributed by atoms with Gasteiger partial charge >= 0.3 is 0 Å². The highest BCUT2D eigenvalue weighted by atomic mass is 15.3. The number of fused-ring (bicyclic) bond motifs is 1. The van der Waals surface area contributed by atoms with Crippen LogP contribution < -0.4 is 0 Å².